The first-order chi connectivity index (χ1) is 12.4. The minimum absolute atomic E-state index is 0.0490. The van der Waals surface area contributed by atoms with Gasteiger partial charge in [0.1, 0.15) is 12.4 Å². The number of carbonyl (C=O) groups excluding carboxylic acids is 1. The van der Waals surface area contributed by atoms with Gasteiger partial charge in [-0.2, -0.15) is 0 Å². The number of thiocarbonyl (C=S) groups is 1. The largest absolute Gasteiger partial charge is 0.487 e. The lowest BCUT2D eigenvalue weighted by molar-refractivity contribution is -0.384. The SMILES string of the molecule is C=C(C)COc1ccccc1NC(=S)NC(=O)c1cccc([N+](=O)[O-])c1. The van der Waals surface area contributed by atoms with Crippen LogP contribution in [0.3, 0.4) is 0 Å². The van der Waals surface area contributed by atoms with Crippen LogP contribution in [0.2, 0.25) is 0 Å². The van der Waals surface area contributed by atoms with Crippen LogP contribution in [0.4, 0.5) is 11.4 Å². The maximum Gasteiger partial charge on any atom is 0.270 e. The van der Waals surface area contributed by atoms with Crippen molar-refractivity contribution in [2.24, 2.45) is 0 Å². The lowest BCUT2D eigenvalue weighted by atomic mass is 10.2. The molecule has 0 saturated heterocycles. The number of non-ortho nitro benzene ring substituents is 1. The zero-order chi connectivity index (χ0) is 19.1. The predicted octanol–water partition coefficient (Wildman–Crippen LogP) is 3.68. The summed E-state index contributed by atoms with van der Waals surface area (Å²) in [6.45, 7) is 5.98. The summed E-state index contributed by atoms with van der Waals surface area (Å²) < 4.78 is 5.62. The number of para-hydroxylation sites is 2. The van der Waals surface area contributed by atoms with Gasteiger partial charge in [-0.15, -0.1) is 0 Å². The van der Waals surface area contributed by atoms with E-state index in [1.54, 1.807) is 18.2 Å². The number of nitrogens with one attached hydrogen (secondary N) is 2. The van der Waals surface area contributed by atoms with Crippen molar-refractivity contribution in [3.63, 3.8) is 0 Å². The van der Waals surface area contributed by atoms with E-state index in [2.05, 4.69) is 17.2 Å². The van der Waals surface area contributed by atoms with Crippen LogP contribution in [0.15, 0.2) is 60.7 Å². The van der Waals surface area contributed by atoms with Gasteiger partial charge in [0.2, 0.25) is 0 Å². The molecule has 26 heavy (non-hydrogen) atoms. The van der Waals surface area contributed by atoms with Crippen LogP contribution in [0.1, 0.15) is 17.3 Å². The van der Waals surface area contributed by atoms with E-state index in [1.807, 2.05) is 13.0 Å². The Morgan fingerprint density at radius 3 is 2.69 bits per heavy atom. The normalized spacial score (nSPS) is 9.88. The zero-order valence-corrected chi connectivity index (χ0v) is 14.8. The Bertz CT molecular complexity index is 867. The Balaban J connectivity index is 2.05. The summed E-state index contributed by atoms with van der Waals surface area (Å²) in [5, 5.41) is 16.2. The van der Waals surface area contributed by atoms with Gasteiger partial charge in [-0.1, -0.05) is 24.8 Å². The number of benzene rings is 2. The number of amides is 1. The number of carbonyl (C=O) groups is 1. The summed E-state index contributed by atoms with van der Waals surface area (Å²) in [6, 6.07) is 12.5. The highest BCUT2D eigenvalue weighted by molar-refractivity contribution is 7.80. The first kappa shape index (κ1) is 19.1. The minimum Gasteiger partial charge on any atom is -0.487 e. The molecule has 7 nitrogen and oxygen atoms in total. The minimum atomic E-state index is -0.567. The maximum atomic E-state index is 12.2. The van der Waals surface area contributed by atoms with E-state index in [0.717, 1.165) is 5.57 Å². The predicted molar refractivity (Wildman–Crippen MR) is 104 cm³/mol. The number of rotatable bonds is 6. The van der Waals surface area contributed by atoms with E-state index < -0.39 is 10.8 Å². The van der Waals surface area contributed by atoms with Crippen molar-refractivity contribution in [2.75, 3.05) is 11.9 Å². The molecule has 2 rings (SSSR count). The van der Waals surface area contributed by atoms with Crippen LogP contribution >= 0.6 is 12.2 Å². The van der Waals surface area contributed by atoms with Crippen molar-refractivity contribution in [1.82, 2.24) is 5.32 Å². The Morgan fingerprint density at radius 2 is 2.00 bits per heavy atom. The second-order valence-corrected chi connectivity index (χ2v) is 5.87. The molecule has 2 aromatic carbocycles. The first-order valence-corrected chi connectivity index (χ1v) is 8.00. The molecular weight excluding hydrogens is 354 g/mol. The van der Waals surface area contributed by atoms with Gasteiger partial charge in [0.15, 0.2) is 5.11 Å². The highest BCUT2D eigenvalue weighted by atomic mass is 32.1. The van der Waals surface area contributed by atoms with Crippen molar-refractivity contribution in [3.05, 3.63) is 76.4 Å². The van der Waals surface area contributed by atoms with Gasteiger partial charge in [-0.05, 0) is 42.9 Å². The molecule has 0 bridgehead atoms. The monoisotopic (exact) mass is 371 g/mol. The number of anilines is 1. The van der Waals surface area contributed by atoms with E-state index in [1.165, 1.54) is 24.3 Å². The average molecular weight is 371 g/mol. The average Bonchev–Trinajstić information content (AvgIpc) is 2.60. The molecule has 0 aliphatic carbocycles. The van der Waals surface area contributed by atoms with Crippen molar-refractivity contribution < 1.29 is 14.5 Å². The molecule has 2 aromatic rings. The molecule has 0 fully saturated rings. The molecule has 0 heterocycles. The molecule has 134 valence electrons. The second-order valence-electron chi connectivity index (χ2n) is 5.46. The van der Waals surface area contributed by atoms with Gasteiger partial charge in [0, 0.05) is 17.7 Å². The fourth-order valence-electron chi connectivity index (χ4n) is 1.99. The fourth-order valence-corrected chi connectivity index (χ4v) is 2.19. The number of nitro groups is 1. The van der Waals surface area contributed by atoms with Gasteiger partial charge >= 0.3 is 0 Å². The van der Waals surface area contributed by atoms with Gasteiger partial charge in [0.25, 0.3) is 11.6 Å². The zero-order valence-electron chi connectivity index (χ0n) is 14.0. The molecular formula is C18H17N3O4S. The first-order valence-electron chi connectivity index (χ1n) is 7.60. The number of ether oxygens (including phenoxy) is 1. The van der Waals surface area contributed by atoms with Gasteiger partial charge in [-0.3, -0.25) is 20.2 Å². The molecule has 0 saturated carbocycles. The lowest BCUT2D eigenvalue weighted by Gasteiger charge is -2.14. The Hall–Kier alpha value is -3.26. The summed E-state index contributed by atoms with van der Waals surface area (Å²) in [5.74, 6) is 0.00832. The molecule has 2 N–H and O–H groups in total. The Morgan fingerprint density at radius 1 is 1.27 bits per heavy atom. The lowest BCUT2D eigenvalue weighted by Crippen LogP contribution is -2.34. The molecule has 8 heteroatoms. The smallest absolute Gasteiger partial charge is 0.270 e. The Labute approximate surface area is 155 Å². The molecule has 0 radical (unpaired) electrons. The third kappa shape index (κ3) is 5.38. The topological polar surface area (TPSA) is 93.5 Å². The number of nitrogens with zero attached hydrogens (tertiary/aromatic N) is 1. The maximum absolute atomic E-state index is 12.2. The van der Waals surface area contributed by atoms with Crippen molar-refractivity contribution in [3.8, 4) is 5.75 Å². The molecule has 0 unspecified atom stereocenters. The molecule has 0 spiro atoms. The number of hydrogen-bond donors (Lipinski definition) is 2. The summed E-state index contributed by atoms with van der Waals surface area (Å²) in [4.78, 5) is 22.5. The summed E-state index contributed by atoms with van der Waals surface area (Å²) in [7, 11) is 0. The molecule has 0 aliphatic rings. The van der Waals surface area contributed by atoms with Gasteiger partial charge < -0.3 is 10.1 Å². The highest BCUT2D eigenvalue weighted by Crippen LogP contribution is 2.24. The van der Waals surface area contributed by atoms with Crippen LogP contribution in [0.25, 0.3) is 0 Å². The summed E-state index contributed by atoms with van der Waals surface area (Å²) in [6.07, 6.45) is 0. The third-order valence-electron chi connectivity index (χ3n) is 3.16. The van der Waals surface area contributed by atoms with E-state index in [4.69, 9.17) is 17.0 Å². The van der Waals surface area contributed by atoms with Crippen LogP contribution in [-0.4, -0.2) is 22.5 Å². The fraction of sp³-hybridized carbons (Fsp3) is 0.111. The van der Waals surface area contributed by atoms with Gasteiger partial charge in [-0.25, -0.2) is 0 Å². The van der Waals surface area contributed by atoms with Crippen molar-refractivity contribution >= 4 is 34.6 Å². The quantitative estimate of drug-likeness (QED) is 0.348. The van der Waals surface area contributed by atoms with Crippen molar-refractivity contribution in [1.29, 1.82) is 0 Å². The molecule has 0 aromatic heterocycles. The number of nitro benzene ring substituents is 1. The number of hydrogen-bond acceptors (Lipinski definition) is 5. The van der Waals surface area contributed by atoms with Crippen LogP contribution in [-0.2, 0) is 0 Å². The van der Waals surface area contributed by atoms with Crippen molar-refractivity contribution in [2.45, 2.75) is 6.92 Å². The van der Waals surface area contributed by atoms with Crippen LogP contribution in [0.5, 0.6) is 5.75 Å². The van der Waals surface area contributed by atoms with E-state index >= 15 is 0 Å². The molecule has 1 amide bonds. The molecule has 0 atom stereocenters. The van der Waals surface area contributed by atoms with Gasteiger partial charge in [0.05, 0.1) is 10.6 Å². The van der Waals surface area contributed by atoms with Crippen LogP contribution in [0, 0.1) is 10.1 Å². The summed E-state index contributed by atoms with van der Waals surface area (Å²) >= 11 is 5.14. The third-order valence-corrected chi connectivity index (χ3v) is 3.36. The highest BCUT2D eigenvalue weighted by Gasteiger charge is 2.13. The Kier molecular flexibility index (Phi) is 6.40. The van der Waals surface area contributed by atoms with E-state index in [9.17, 15) is 14.9 Å². The second kappa shape index (κ2) is 8.72. The summed E-state index contributed by atoms with van der Waals surface area (Å²) in [5.41, 5.74) is 1.41. The van der Waals surface area contributed by atoms with E-state index in [-0.39, 0.29) is 16.4 Å². The van der Waals surface area contributed by atoms with E-state index in [0.29, 0.717) is 18.0 Å². The molecule has 0 aliphatic heterocycles. The van der Waals surface area contributed by atoms with Crippen LogP contribution < -0.4 is 15.4 Å². The standard InChI is InChI=1S/C18H17N3O4S/c1-12(2)11-25-16-9-4-3-8-15(16)19-18(26)20-17(22)13-6-5-7-14(10-13)21(23)24/h3-10H,1,11H2,2H3,(H2,19,20,22,26).